The van der Waals surface area contributed by atoms with E-state index in [1.54, 1.807) is 24.3 Å². The molecule has 0 saturated carbocycles. The van der Waals surface area contributed by atoms with E-state index >= 15 is 0 Å². The van der Waals surface area contributed by atoms with E-state index in [1.165, 1.54) is 125 Å². The first-order valence-electron chi connectivity index (χ1n) is 20.7. The molecule has 0 aromatic heterocycles. The summed E-state index contributed by atoms with van der Waals surface area (Å²) in [5, 5.41) is 0. The summed E-state index contributed by atoms with van der Waals surface area (Å²) in [6, 6.07) is 28.1. The van der Waals surface area contributed by atoms with Crippen LogP contribution < -0.4 is 0 Å². The molecule has 0 saturated heterocycles. The molecule has 55 heavy (non-hydrogen) atoms. The van der Waals surface area contributed by atoms with Gasteiger partial charge in [0, 0.05) is 17.9 Å². The Kier molecular flexibility index (Phi) is 15.4. The molecular weight excluding hydrogens is 717 g/mol. The SMILES string of the molecule is CCCCCCCCCC1(CCCCCCCCC)c2cc(/C=C/c3ccc(S(C)(=O)=O)cc3)ccc2-c2ccc(/C=C/c3ccc(S(C)(=O)=O)cc3)cc21. The summed E-state index contributed by atoms with van der Waals surface area (Å²) in [6.45, 7) is 4.55. The highest BCUT2D eigenvalue weighted by molar-refractivity contribution is 7.91. The van der Waals surface area contributed by atoms with Crippen molar-refractivity contribution in [2.24, 2.45) is 0 Å². The molecule has 6 heteroatoms. The second kappa shape index (κ2) is 19.9. The van der Waals surface area contributed by atoms with Crippen molar-refractivity contribution < 1.29 is 16.8 Å². The largest absolute Gasteiger partial charge is 0.224 e. The second-order valence-corrected chi connectivity index (χ2v) is 19.8. The van der Waals surface area contributed by atoms with E-state index in [4.69, 9.17) is 0 Å². The molecule has 4 nitrogen and oxygen atoms in total. The molecule has 0 unspecified atom stereocenters. The first-order valence-corrected chi connectivity index (χ1v) is 24.5. The molecule has 4 aromatic carbocycles. The van der Waals surface area contributed by atoms with Gasteiger partial charge in [-0.3, -0.25) is 0 Å². The number of sulfone groups is 2. The number of rotatable bonds is 22. The van der Waals surface area contributed by atoms with Crippen molar-refractivity contribution in [3.63, 3.8) is 0 Å². The minimum absolute atomic E-state index is 0.0839. The zero-order valence-electron chi connectivity index (χ0n) is 33.7. The van der Waals surface area contributed by atoms with Crippen molar-refractivity contribution in [1.82, 2.24) is 0 Å². The molecule has 0 heterocycles. The summed E-state index contributed by atoms with van der Waals surface area (Å²) in [5.74, 6) is 0. The average molecular weight is 779 g/mol. The van der Waals surface area contributed by atoms with Crippen LogP contribution in [0.4, 0.5) is 0 Å². The molecule has 4 aromatic rings. The van der Waals surface area contributed by atoms with Gasteiger partial charge in [0.1, 0.15) is 0 Å². The highest BCUT2D eigenvalue weighted by atomic mass is 32.2. The van der Waals surface area contributed by atoms with Crippen molar-refractivity contribution in [2.75, 3.05) is 12.5 Å². The Bertz CT molecular complexity index is 1970. The highest BCUT2D eigenvalue weighted by Crippen LogP contribution is 2.55. The Morgan fingerprint density at radius 1 is 0.418 bits per heavy atom. The molecule has 0 radical (unpaired) electrons. The molecule has 0 atom stereocenters. The predicted molar refractivity (Wildman–Crippen MR) is 235 cm³/mol. The minimum Gasteiger partial charge on any atom is -0.224 e. The summed E-state index contributed by atoms with van der Waals surface area (Å²) in [7, 11) is -6.48. The Hall–Kier alpha value is -3.74. The van der Waals surface area contributed by atoms with Gasteiger partial charge in [-0.25, -0.2) is 16.8 Å². The van der Waals surface area contributed by atoms with Crippen molar-refractivity contribution in [2.45, 2.75) is 132 Å². The normalized spacial score (nSPS) is 13.8. The van der Waals surface area contributed by atoms with Crippen LogP contribution in [0.25, 0.3) is 35.4 Å². The lowest BCUT2D eigenvalue weighted by Crippen LogP contribution is -2.25. The molecule has 294 valence electrons. The van der Waals surface area contributed by atoms with Crippen molar-refractivity contribution in [3.8, 4) is 11.1 Å². The van der Waals surface area contributed by atoms with Gasteiger partial charge in [0.15, 0.2) is 19.7 Å². The van der Waals surface area contributed by atoms with Crippen LogP contribution in [-0.4, -0.2) is 29.3 Å². The van der Waals surface area contributed by atoms with Crippen molar-refractivity contribution >= 4 is 44.0 Å². The van der Waals surface area contributed by atoms with Gasteiger partial charge in [0.25, 0.3) is 0 Å². The van der Waals surface area contributed by atoms with Gasteiger partial charge in [-0.05, 0) is 81.6 Å². The molecule has 0 bridgehead atoms. The Balaban J connectivity index is 1.50. The van der Waals surface area contributed by atoms with Crippen LogP contribution in [0.1, 0.15) is 150 Å². The molecule has 0 fully saturated rings. The molecule has 1 aliphatic rings. The number of benzene rings is 4. The summed E-state index contributed by atoms with van der Waals surface area (Å²) >= 11 is 0. The maximum absolute atomic E-state index is 12.0. The van der Waals surface area contributed by atoms with E-state index in [-0.39, 0.29) is 5.41 Å². The number of fused-ring (bicyclic) bond motifs is 3. The lowest BCUT2D eigenvalue weighted by Gasteiger charge is -2.33. The number of hydrogen-bond acceptors (Lipinski definition) is 4. The second-order valence-electron chi connectivity index (χ2n) is 15.8. The van der Waals surface area contributed by atoms with Gasteiger partial charge in [-0.2, -0.15) is 0 Å². The summed E-state index contributed by atoms with van der Waals surface area (Å²) in [4.78, 5) is 0.666. The van der Waals surface area contributed by atoms with Gasteiger partial charge >= 0.3 is 0 Å². The van der Waals surface area contributed by atoms with E-state index in [0.29, 0.717) is 9.79 Å². The van der Waals surface area contributed by atoms with Crippen LogP contribution in [0, 0.1) is 0 Å². The molecule has 0 spiro atoms. The van der Waals surface area contributed by atoms with Crippen molar-refractivity contribution in [1.29, 1.82) is 0 Å². The Morgan fingerprint density at radius 2 is 0.727 bits per heavy atom. The molecule has 1 aliphatic carbocycles. The lowest BCUT2D eigenvalue weighted by molar-refractivity contribution is 0.397. The molecule has 0 N–H and O–H groups in total. The zero-order chi connectivity index (χ0) is 39.3. The Labute approximate surface area is 333 Å². The van der Waals surface area contributed by atoms with E-state index in [0.717, 1.165) is 35.1 Å². The summed E-state index contributed by atoms with van der Waals surface area (Å²) in [5.41, 5.74) is 9.70. The number of unbranched alkanes of at least 4 members (excludes halogenated alkanes) is 12. The fourth-order valence-electron chi connectivity index (χ4n) is 8.21. The topological polar surface area (TPSA) is 68.3 Å². The summed E-state index contributed by atoms with van der Waals surface area (Å²) in [6.07, 6.45) is 31.1. The average Bonchev–Trinajstić information content (AvgIpc) is 3.43. The van der Waals surface area contributed by atoms with Crippen LogP contribution in [0.5, 0.6) is 0 Å². The van der Waals surface area contributed by atoms with Crippen LogP contribution in [0.3, 0.4) is 0 Å². The third-order valence-corrected chi connectivity index (χ3v) is 13.6. The van der Waals surface area contributed by atoms with E-state index < -0.39 is 19.7 Å². The standard InChI is InChI=1S/C49H62O4S2/c1-5-7-9-11-13-15-17-35-49(36-18-16-14-12-10-8-6-2)47-37-41(21-19-39-23-29-43(30-24-39)54(3,50)51)27-33-45(47)46-34-28-42(38-48(46)49)22-20-40-25-31-44(32-26-40)55(4,52)53/h19-34,37-38H,5-18,35-36H2,1-4H3/b21-19+,22-20+. The van der Waals surface area contributed by atoms with Crippen molar-refractivity contribution in [3.05, 3.63) is 118 Å². The van der Waals surface area contributed by atoms with Gasteiger partial charge in [0.2, 0.25) is 0 Å². The third kappa shape index (κ3) is 11.6. The van der Waals surface area contributed by atoms with Gasteiger partial charge in [0.05, 0.1) is 9.79 Å². The number of hydrogen-bond donors (Lipinski definition) is 0. The lowest BCUT2D eigenvalue weighted by atomic mass is 9.70. The van der Waals surface area contributed by atoms with E-state index in [1.807, 2.05) is 24.3 Å². The maximum Gasteiger partial charge on any atom is 0.175 e. The predicted octanol–water partition coefficient (Wildman–Crippen LogP) is 13.4. The summed E-state index contributed by atoms with van der Waals surface area (Å²) < 4.78 is 48.1. The first kappa shape index (κ1) is 42.4. The smallest absolute Gasteiger partial charge is 0.175 e. The van der Waals surface area contributed by atoms with Crippen LogP contribution in [0.2, 0.25) is 0 Å². The van der Waals surface area contributed by atoms with Crippen LogP contribution in [0.15, 0.2) is 94.7 Å². The molecule has 5 rings (SSSR count). The maximum atomic E-state index is 12.0. The first-order chi connectivity index (χ1) is 26.4. The Morgan fingerprint density at radius 3 is 1.07 bits per heavy atom. The molecule has 0 aliphatic heterocycles. The molecular formula is C49H62O4S2. The minimum atomic E-state index is -3.24. The quantitative estimate of drug-likeness (QED) is 0.0588. The van der Waals surface area contributed by atoms with E-state index in [9.17, 15) is 16.8 Å². The van der Waals surface area contributed by atoms with E-state index in [2.05, 4.69) is 74.5 Å². The monoisotopic (exact) mass is 778 g/mol. The van der Waals surface area contributed by atoms with Gasteiger partial charge < -0.3 is 0 Å². The van der Waals surface area contributed by atoms with Gasteiger partial charge in [-0.15, -0.1) is 0 Å². The van der Waals surface area contributed by atoms with Crippen LogP contribution in [-0.2, 0) is 25.1 Å². The molecule has 0 amide bonds. The van der Waals surface area contributed by atoms with Crippen LogP contribution >= 0.6 is 0 Å². The zero-order valence-corrected chi connectivity index (χ0v) is 35.3. The highest BCUT2D eigenvalue weighted by Gasteiger charge is 2.42. The third-order valence-electron chi connectivity index (χ3n) is 11.4. The fourth-order valence-corrected chi connectivity index (χ4v) is 9.47. The fraction of sp³-hybridized carbons (Fsp3) is 0.429. The van der Waals surface area contributed by atoms with Gasteiger partial charge in [-0.1, -0.05) is 189 Å².